The molecule has 0 radical (unpaired) electrons. The van der Waals surface area contributed by atoms with Gasteiger partial charge in [0.15, 0.2) is 0 Å². The highest BCUT2D eigenvalue weighted by Gasteiger charge is 2.02. The molecule has 0 aliphatic carbocycles. The van der Waals surface area contributed by atoms with Crippen molar-refractivity contribution in [2.45, 2.75) is 13.8 Å². The SMILES string of the molecule is C/C=C(/C)c1ccc(-c2cc(=O)ss2)cc1. The molecular formula is C13H12OS2. The molecule has 3 heteroatoms. The number of rotatable bonds is 2. The third-order valence-electron chi connectivity index (χ3n) is 2.52. The minimum Gasteiger partial charge on any atom is -0.277 e. The van der Waals surface area contributed by atoms with Crippen molar-refractivity contribution >= 4 is 26.3 Å². The summed E-state index contributed by atoms with van der Waals surface area (Å²) < 4.78 is 0.133. The van der Waals surface area contributed by atoms with Gasteiger partial charge in [-0.15, -0.1) is 0 Å². The first kappa shape index (κ1) is 11.3. The summed E-state index contributed by atoms with van der Waals surface area (Å²) >= 11 is 0. The van der Waals surface area contributed by atoms with Crippen LogP contribution in [0.25, 0.3) is 16.0 Å². The molecule has 0 aliphatic rings. The van der Waals surface area contributed by atoms with E-state index in [0.29, 0.717) is 0 Å². The van der Waals surface area contributed by atoms with Gasteiger partial charge < -0.3 is 0 Å². The summed E-state index contributed by atoms with van der Waals surface area (Å²) in [4.78, 5) is 12.2. The van der Waals surface area contributed by atoms with E-state index in [1.54, 1.807) is 6.07 Å². The molecule has 1 nitrogen and oxygen atoms in total. The van der Waals surface area contributed by atoms with E-state index in [1.165, 1.54) is 31.8 Å². The van der Waals surface area contributed by atoms with Crippen molar-refractivity contribution in [1.29, 1.82) is 0 Å². The van der Waals surface area contributed by atoms with Crippen molar-refractivity contribution in [2.75, 3.05) is 0 Å². The summed E-state index contributed by atoms with van der Waals surface area (Å²) in [6.07, 6.45) is 2.10. The molecular weight excluding hydrogens is 236 g/mol. The molecule has 0 saturated carbocycles. The van der Waals surface area contributed by atoms with Gasteiger partial charge in [-0.25, -0.2) is 0 Å². The summed E-state index contributed by atoms with van der Waals surface area (Å²) in [6.45, 7) is 4.13. The highest BCUT2D eigenvalue weighted by atomic mass is 32.9. The normalized spacial score (nSPS) is 11.8. The first-order valence-corrected chi connectivity index (χ1v) is 7.19. The van der Waals surface area contributed by atoms with Gasteiger partial charge in [-0.2, -0.15) is 0 Å². The largest absolute Gasteiger partial charge is 0.277 e. The van der Waals surface area contributed by atoms with Gasteiger partial charge in [0.2, 0.25) is 4.74 Å². The summed E-state index contributed by atoms with van der Waals surface area (Å²) in [5.41, 5.74) is 3.62. The van der Waals surface area contributed by atoms with E-state index in [-0.39, 0.29) is 4.74 Å². The Labute approximate surface area is 102 Å². The zero-order valence-electron chi connectivity index (χ0n) is 9.19. The van der Waals surface area contributed by atoms with Crippen molar-refractivity contribution < 1.29 is 0 Å². The molecule has 1 aromatic carbocycles. The Morgan fingerprint density at radius 1 is 1.19 bits per heavy atom. The molecule has 0 aliphatic heterocycles. The van der Waals surface area contributed by atoms with Crippen LogP contribution in [0.3, 0.4) is 0 Å². The molecule has 1 heterocycles. The van der Waals surface area contributed by atoms with Crippen LogP contribution in [-0.2, 0) is 0 Å². The van der Waals surface area contributed by atoms with E-state index >= 15 is 0 Å². The lowest BCUT2D eigenvalue weighted by atomic mass is 10.0. The lowest BCUT2D eigenvalue weighted by Crippen LogP contribution is -1.83. The van der Waals surface area contributed by atoms with Gasteiger partial charge in [0.1, 0.15) is 0 Å². The molecule has 1 aromatic heterocycles. The minimum absolute atomic E-state index is 0.133. The third-order valence-corrected chi connectivity index (χ3v) is 4.70. The van der Waals surface area contributed by atoms with E-state index < -0.39 is 0 Å². The van der Waals surface area contributed by atoms with Gasteiger partial charge in [0.25, 0.3) is 0 Å². The van der Waals surface area contributed by atoms with Gasteiger partial charge in [-0.1, -0.05) is 40.7 Å². The van der Waals surface area contributed by atoms with Crippen molar-refractivity contribution in [3.05, 3.63) is 51.5 Å². The zero-order chi connectivity index (χ0) is 11.5. The summed E-state index contributed by atoms with van der Waals surface area (Å²) in [7, 11) is 2.83. The molecule has 82 valence electrons. The summed E-state index contributed by atoms with van der Waals surface area (Å²) in [5.74, 6) is 0. The summed E-state index contributed by atoms with van der Waals surface area (Å²) in [5, 5.41) is 0. The number of allylic oxidation sites excluding steroid dienone is 2. The zero-order valence-corrected chi connectivity index (χ0v) is 10.8. The molecule has 0 bridgehead atoms. The quantitative estimate of drug-likeness (QED) is 0.726. The van der Waals surface area contributed by atoms with E-state index in [0.717, 1.165) is 10.4 Å². The topological polar surface area (TPSA) is 17.1 Å². The Morgan fingerprint density at radius 2 is 1.88 bits per heavy atom. The summed E-state index contributed by atoms with van der Waals surface area (Å²) in [6, 6.07) is 10.0. The lowest BCUT2D eigenvalue weighted by Gasteiger charge is -2.02. The van der Waals surface area contributed by atoms with E-state index in [4.69, 9.17) is 0 Å². The molecule has 0 amide bonds. The molecule has 0 saturated heterocycles. The Bertz CT molecular complexity index is 558. The number of benzene rings is 1. The van der Waals surface area contributed by atoms with E-state index in [9.17, 15) is 4.79 Å². The molecule has 0 spiro atoms. The highest BCUT2D eigenvalue weighted by Crippen LogP contribution is 2.26. The second-order valence-electron chi connectivity index (χ2n) is 3.54. The van der Waals surface area contributed by atoms with Crippen molar-refractivity contribution in [3.8, 4) is 10.4 Å². The third kappa shape index (κ3) is 2.31. The number of hydrogen-bond acceptors (Lipinski definition) is 3. The predicted molar refractivity (Wildman–Crippen MR) is 73.2 cm³/mol. The van der Waals surface area contributed by atoms with Crippen molar-refractivity contribution in [3.63, 3.8) is 0 Å². The fourth-order valence-corrected chi connectivity index (χ4v) is 3.33. The van der Waals surface area contributed by atoms with Crippen LogP contribution >= 0.6 is 20.7 Å². The average Bonchev–Trinajstić information content (AvgIpc) is 2.75. The van der Waals surface area contributed by atoms with Crippen molar-refractivity contribution in [1.82, 2.24) is 0 Å². The van der Waals surface area contributed by atoms with Gasteiger partial charge in [0.05, 0.1) is 0 Å². The lowest BCUT2D eigenvalue weighted by molar-refractivity contribution is 1.54. The van der Waals surface area contributed by atoms with E-state index in [2.05, 4.69) is 37.3 Å². The Kier molecular flexibility index (Phi) is 3.36. The smallest absolute Gasteiger partial charge is 0.243 e. The van der Waals surface area contributed by atoms with Gasteiger partial charge in [-0.3, -0.25) is 4.79 Å². The maximum atomic E-state index is 11.1. The number of hydrogen-bond donors (Lipinski definition) is 0. The van der Waals surface area contributed by atoms with Crippen LogP contribution in [0.5, 0.6) is 0 Å². The first-order chi connectivity index (χ1) is 7.70. The molecule has 2 aromatic rings. The van der Waals surface area contributed by atoms with Crippen LogP contribution in [0, 0.1) is 0 Å². The van der Waals surface area contributed by atoms with E-state index in [1.807, 2.05) is 6.92 Å². The molecule has 0 atom stereocenters. The standard InChI is InChI=1S/C13H12OS2/c1-3-9(2)10-4-6-11(7-5-10)12-8-13(14)16-15-12/h3-8H,1-2H3/b9-3-. The second kappa shape index (κ2) is 4.76. The molecule has 16 heavy (non-hydrogen) atoms. The van der Waals surface area contributed by atoms with Crippen LogP contribution in [0.1, 0.15) is 19.4 Å². The van der Waals surface area contributed by atoms with Gasteiger partial charge >= 0.3 is 0 Å². The van der Waals surface area contributed by atoms with Crippen LogP contribution in [-0.4, -0.2) is 0 Å². The average molecular weight is 248 g/mol. The molecule has 0 N–H and O–H groups in total. The van der Waals surface area contributed by atoms with Crippen LogP contribution in [0.2, 0.25) is 0 Å². The van der Waals surface area contributed by atoms with Crippen LogP contribution < -0.4 is 4.74 Å². The fourth-order valence-electron chi connectivity index (χ4n) is 1.44. The monoisotopic (exact) mass is 248 g/mol. The molecule has 2 rings (SSSR count). The fraction of sp³-hybridized carbons (Fsp3) is 0.154. The Balaban J connectivity index is 2.36. The highest BCUT2D eigenvalue weighted by molar-refractivity contribution is 7.69. The predicted octanol–water partition coefficient (Wildman–Crippen LogP) is 4.26. The van der Waals surface area contributed by atoms with Crippen LogP contribution in [0.4, 0.5) is 0 Å². The molecule has 0 fully saturated rings. The maximum Gasteiger partial charge on any atom is 0.243 e. The molecule has 0 unspecified atom stereocenters. The minimum atomic E-state index is 0.133. The first-order valence-electron chi connectivity index (χ1n) is 5.04. The van der Waals surface area contributed by atoms with Gasteiger partial charge in [-0.05, 0) is 40.9 Å². The second-order valence-corrected chi connectivity index (χ2v) is 5.72. The van der Waals surface area contributed by atoms with Crippen molar-refractivity contribution in [2.24, 2.45) is 0 Å². The Hall–Kier alpha value is -1.19. The maximum absolute atomic E-state index is 11.1. The Morgan fingerprint density at radius 3 is 2.38 bits per heavy atom. The van der Waals surface area contributed by atoms with Gasteiger partial charge in [0, 0.05) is 10.9 Å². The van der Waals surface area contributed by atoms with Crippen LogP contribution in [0.15, 0.2) is 41.2 Å².